The molecule has 1 aliphatic rings. The summed E-state index contributed by atoms with van der Waals surface area (Å²) in [7, 11) is 2.95. The number of benzene rings is 2. The van der Waals surface area contributed by atoms with Crippen LogP contribution in [0.3, 0.4) is 0 Å². The zero-order valence-electron chi connectivity index (χ0n) is 15.2. The van der Waals surface area contributed by atoms with Gasteiger partial charge in [0.05, 0.1) is 14.2 Å². The zero-order valence-corrected chi connectivity index (χ0v) is 15.2. The largest absolute Gasteiger partial charge is 0.497 e. The van der Waals surface area contributed by atoms with Crippen LogP contribution in [-0.2, 0) is 6.54 Å². The Morgan fingerprint density at radius 2 is 1.78 bits per heavy atom. The molecule has 1 saturated carbocycles. The van der Waals surface area contributed by atoms with Crippen molar-refractivity contribution in [2.45, 2.75) is 32.0 Å². The summed E-state index contributed by atoms with van der Waals surface area (Å²) in [6, 6.07) is 12.0. The van der Waals surface area contributed by atoms with Gasteiger partial charge in [0.15, 0.2) is 11.5 Å². The monoisotopic (exact) mass is 377 g/mol. The fraction of sp³-hybridized carbons (Fsp3) is 0.350. The van der Waals surface area contributed by atoms with E-state index in [1.165, 1.54) is 25.3 Å². The first kappa shape index (κ1) is 18.9. The zero-order chi connectivity index (χ0) is 19.4. The second-order valence-corrected chi connectivity index (χ2v) is 6.26. The van der Waals surface area contributed by atoms with Crippen LogP contribution < -0.4 is 14.2 Å². The molecule has 0 saturated heterocycles. The Labute approximate surface area is 156 Å². The number of hydrogen-bond acceptors (Lipinski definition) is 4. The normalized spacial score (nSPS) is 13.4. The molecule has 0 heterocycles. The number of nitrogens with zero attached hydrogens (tertiary/aromatic N) is 1. The molecule has 0 aromatic heterocycles. The van der Waals surface area contributed by atoms with Gasteiger partial charge in [-0.2, -0.15) is 8.78 Å². The van der Waals surface area contributed by atoms with E-state index in [4.69, 9.17) is 9.47 Å². The molecular formula is C20H21F2NO4. The minimum atomic E-state index is -2.96. The fourth-order valence-electron chi connectivity index (χ4n) is 2.84. The summed E-state index contributed by atoms with van der Waals surface area (Å²) in [6.07, 6.45) is 1.90. The summed E-state index contributed by atoms with van der Waals surface area (Å²) in [5.41, 5.74) is 1.36. The number of amides is 1. The van der Waals surface area contributed by atoms with Crippen LogP contribution in [0.15, 0.2) is 42.5 Å². The molecule has 7 heteroatoms. The molecule has 1 aliphatic carbocycles. The molecule has 2 aromatic rings. The van der Waals surface area contributed by atoms with Crippen molar-refractivity contribution in [2.24, 2.45) is 0 Å². The number of ether oxygens (including phenoxy) is 3. The smallest absolute Gasteiger partial charge is 0.387 e. The van der Waals surface area contributed by atoms with Gasteiger partial charge in [-0.1, -0.05) is 12.1 Å². The molecule has 27 heavy (non-hydrogen) atoms. The van der Waals surface area contributed by atoms with Gasteiger partial charge in [-0.25, -0.2) is 0 Å². The summed E-state index contributed by atoms with van der Waals surface area (Å²) >= 11 is 0. The van der Waals surface area contributed by atoms with Crippen molar-refractivity contribution in [1.29, 1.82) is 0 Å². The standard InChI is InChI=1S/C20H21F2NO4/c1-25-16-8-3-13(4-9-16)12-23(15-6-7-15)19(24)14-5-10-17(27-20(21)22)18(11-14)26-2/h3-5,8-11,15,20H,6-7,12H2,1-2H3. The molecule has 0 atom stereocenters. The highest BCUT2D eigenvalue weighted by atomic mass is 19.3. The van der Waals surface area contributed by atoms with E-state index in [0.717, 1.165) is 24.2 Å². The number of methoxy groups -OCH3 is 2. The molecule has 0 spiro atoms. The van der Waals surface area contributed by atoms with Gasteiger partial charge in [-0.15, -0.1) is 0 Å². The summed E-state index contributed by atoms with van der Waals surface area (Å²) in [6.45, 7) is -2.50. The number of halogens is 2. The summed E-state index contributed by atoms with van der Waals surface area (Å²) in [4.78, 5) is 14.8. The van der Waals surface area contributed by atoms with Crippen molar-refractivity contribution in [1.82, 2.24) is 4.90 Å². The van der Waals surface area contributed by atoms with Gasteiger partial charge in [-0.05, 0) is 48.7 Å². The lowest BCUT2D eigenvalue weighted by atomic mass is 10.1. The number of carbonyl (C=O) groups excluding carboxylic acids is 1. The topological polar surface area (TPSA) is 48.0 Å². The molecule has 0 aliphatic heterocycles. The summed E-state index contributed by atoms with van der Waals surface area (Å²) in [5.74, 6) is 0.580. The van der Waals surface area contributed by atoms with Crippen LogP contribution in [-0.4, -0.2) is 37.7 Å². The van der Waals surface area contributed by atoms with Gasteiger partial charge in [0, 0.05) is 18.2 Å². The van der Waals surface area contributed by atoms with Gasteiger partial charge in [-0.3, -0.25) is 4.79 Å². The van der Waals surface area contributed by atoms with Crippen molar-refractivity contribution in [2.75, 3.05) is 14.2 Å². The number of alkyl halides is 2. The molecule has 3 rings (SSSR count). The Kier molecular flexibility index (Phi) is 5.78. The average molecular weight is 377 g/mol. The van der Waals surface area contributed by atoms with Gasteiger partial charge >= 0.3 is 6.61 Å². The van der Waals surface area contributed by atoms with Gasteiger partial charge in [0.1, 0.15) is 5.75 Å². The minimum absolute atomic E-state index is 0.0985. The van der Waals surface area contributed by atoms with Crippen LogP contribution in [0.5, 0.6) is 17.2 Å². The van der Waals surface area contributed by atoms with Crippen molar-refractivity contribution < 1.29 is 27.8 Å². The van der Waals surface area contributed by atoms with Crippen molar-refractivity contribution in [3.63, 3.8) is 0 Å². The summed E-state index contributed by atoms with van der Waals surface area (Å²) < 4.78 is 39.6. The second-order valence-electron chi connectivity index (χ2n) is 6.26. The Bertz CT molecular complexity index is 791. The third-order valence-electron chi connectivity index (χ3n) is 4.39. The van der Waals surface area contributed by atoms with E-state index in [-0.39, 0.29) is 23.4 Å². The highest BCUT2D eigenvalue weighted by molar-refractivity contribution is 5.95. The van der Waals surface area contributed by atoms with Crippen molar-refractivity contribution in [3.8, 4) is 17.2 Å². The third kappa shape index (κ3) is 4.67. The van der Waals surface area contributed by atoms with E-state index in [1.807, 2.05) is 24.3 Å². The molecule has 1 amide bonds. The summed E-state index contributed by atoms with van der Waals surface area (Å²) in [5, 5.41) is 0. The molecular weight excluding hydrogens is 356 g/mol. The molecule has 1 fully saturated rings. The van der Waals surface area contributed by atoms with Gasteiger partial charge < -0.3 is 19.1 Å². The van der Waals surface area contributed by atoms with Crippen LogP contribution in [0.25, 0.3) is 0 Å². The lowest BCUT2D eigenvalue weighted by Gasteiger charge is -2.23. The van der Waals surface area contributed by atoms with Crippen molar-refractivity contribution in [3.05, 3.63) is 53.6 Å². The highest BCUT2D eigenvalue weighted by Crippen LogP contribution is 2.33. The molecule has 0 radical (unpaired) electrons. The van der Waals surface area contributed by atoms with Crippen LogP contribution in [0, 0.1) is 0 Å². The second kappa shape index (κ2) is 8.24. The lowest BCUT2D eigenvalue weighted by Crippen LogP contribution is -2.32. The maximum atomic E-state index is 13.0. The van der Waals surface area contributed by atoms with E-state index < -0.39 is 6.61 Å². The average Bonchev–Trinajstić information content (AvgIpc) is 3.51. The predicted molar refractivity (Wildman–Crippen MR) is 95.5 cm³/mol. The predicted octanol–water partition coefficient (Wildman–Crippen LogP) is 4.11. The lowest BCUT2D eigenvalue weighted by molar-refractivity contribution is -0.0512. The number of carbonyl (C=O) groups is 1. The maximum absolute atomic E-state index is 13.0. The molecule has 0 unspecified atom stereocenters. The van der Waals surface area contributed by atoms with Gasteiger partial charge in [0.2, 0.25) is 0 Å². The Balaban J connectivity index is 1.80. The first-order valence-corrected chi connectivity index (χ1v) is 8.58. The molecule has 0 bridgehead atoms. The van der Waals surface area contributed by atoms with Gasteiger partial charge in [0.25, 0.3) is 5.91 Å². The third-order valence-corrected chi connectivity index (χ3v) is 4.39. The molecule has 2 aromatic carbocycles. The number of rotatable bonds is 8. The maximum Gasteiger partial charge on any atom is 0.387 e. The Hall–Kier alpha value is -2.83. The molecule has 144 valence electrons. The van der Waals surface area contributed by atoms with E-state index in [1.54, 1.807) is 12.0 Å². The first-order valence-electron chi connectivity index (χ1n) is 8.58. The fourth-order valence-corrected chi connectivity index (χ4v) is 2.84. The van der Waals surface area contributed by atoms with Crippen LogP contribution in [0.4, 0.5) is 8.78 Å². The first-order chi connectivity index (χ1) is 13.0. The van der Waals surface area contributed by atoms with Crippen LogP contribution >= 0.6 is 0 Å². The van der Waals surface area contributed by atoms with E-state index >= 15 is 0 Å². The Morgan fingerprint density at radius 1 is 1.07 bits per heavy atom. The highest BCUT2D eigenvalue weighted by Gasteiger charge is 2.33. The number of hydrogen-bond donors (Lipinski definition) is 0. The molecule has 0 N–H and O–H groups in total. The van der Waals surface area contributed by atoms with E-state index in [9.17, 15) is 13.6 Å². The van der Waals surface area contributed by atoms with Crippen LogP contribution in [0.1, 0.15) is 28.8 Å². The van der Waals surface area contributed by atoms with Crippen molar-refractivity contribution >= 4 is 5.91 Å². The van der Waals surface area contributed by atoms with Crippen LogP contribution in [0.2, 0.25) is 0 Å². The molecule has 5 nitrogen and oxygen atoms in total. The van der Waals surface area contributed by atoms with E-state index in [2.05, 4.69) is 4.74 Å². The minimum Gasteiger partial charge on any atom is -0.497 e. The SMILES string of the molecule is COc1ccc(CN(C(=O)c2ccc(OC(F)F)c(OC)c2)C2CC2)cc1. The Morgan fingerprint density at radius 3 is 2.33 bits per heavy atom. The quantitative estimate of drug-likeness (QED) is 0.695. The van der Waals surface area contributed by atoms with E-state index in [0.29, 0.717) is 12.1 Å².